The Balaban J connectivity index is 2.11. The van der Waals surface area contributed by atoms with Gasteiger partial charge in [0.05, 0.1) is 18.5 Å². The van der Waals surface area contributed by atoms with Crippen molar-refractivity contribution in [1.29, 1.82) is 0 Å². The maximum Gasteiger partial charge on any atom is 0.341 e. The third-order valence-corrected chi connectivity index (χ3v) is 2.80. The van der Waals surface area contributed by atoms with Gasteiger partial charge >= 0.3 is 5.97 Å². The smallest absolute Gasteiger partial charge is 0.341 e. The van der Waals surface area contributed by atoms with Crippen molar-refractivity contribution in [3.05, 3.63) is 41.3 Å². The second-order valence-electron chi connectivity index (χ2n) is 4.31. The molecule has 20 heavy (non-hydrogen) atoms. The van der Waals surface area contributed by atoms with Gasteiger partial charge in [0.15, 0.2) is 0 Å². The summed E-state index contributed by atoms with van der Waals surface area (Å²) in [5.74, 6) is 0.114. The number of carbonyl (C=O) groups is 1. The number of aryl methyl sites for hydroxylation is 2. The Hall–Kier alpha value is -2.37. The summed E-state index contributed by atoms with van der Waals surface area (Å²) in [6.07, 6.45) is 3.21. The molecule has 0 aliphatic heterocycles. The summed E-state index contributed by atoms with van der Waals surface area (Å²) in [5, 5.41) is 4.06. The van der Waals surface area contributed by atoms with Crippen LogP contribution in [0, 0.1) is 6.92 Å². The Bertz CT molecular complexity index is 590. The molecule has 6 heteroatoms. The Labute approximate surface area is 117 Å². The minimum atomic E-state index is -0.393. The highest BCUT2D eigenvalue weighted by Gasteiger charge is 2.17. The molecule has 2 heterocycles. The standard InChI is InChI=1S/C14H17N3O3/c1-4-19-14(18)11-8-16-17(3)12(11)9-20-13-6-5-10(2)7-15-13/h5-8H,4,9H2,1-3H3. The number of rotatable bonds is 5. The van der Waals surface area contributed by atoms with Gasteiger partial charge in [0.25, 0.3) is 0 Å². The van der Waals surface area contributed by atoms with Gasteiger partial charge in [-0.05, 0) is 19.4 Å². The number of nitrogens with zero attached hydrogens (tertiary/aromatic N) is 3. The van der Waals surface area contributed by atoms with Gasteiger partial charge in [-0.1, -0.05) is 6.07 Å². The van der Waals surface area contributed by atoms with E-state index in [4.69, 9.17) is 9.47 Å². The van der Waals surface area contributed by atoms with Gasteiger partial charge in [-0.25, -0.2) is 9.78 Å². The van der Waals surface area contributed by atoms with E-state index in [1.165, 1.54) is 6.20 Å². The van der Waals surface area contributed by atoms with E-state index in [9.17, 15) is 4.79 Å². The highest BCUT2D eigenvalue weighted by Crippen LogP contribution is 2.14. The van der Waals surface area contributed by atoms with E-state index in [1.807, 2.05) is 13.0 Å². The first-order chi connectivity index (χ1) is 9.61. The summed E-state index contributed by atoms with van der Waals surface area (Å²) in [7, 11) is 1.75. The lowest BCUT2D eigenvalue weighted by Gasteiger charge is -2.08. The molecule has 0 aliphatic rings. The van der Waals surface area contributed by atoms with Crippen LogP contribution in [0.1, 0.15) is 28.5 Å². The summed E-state index contributed by atoms with van der Waals surface area (Å²) in [4.78, 5) is 15.9. The fourth-order valence-electron chi connectivity index (χ4n) is 1.70. The van der Waals surface area contributed by atoms with Gasteiger partial charge in [-0.15, -0.1) is 0 Å². The lowest BCUT2D eigenvalue weighted by atomic mass is 10.2. The van der Waals surface area contributed by atoms with Crippen LogP contribution in [0.5, 0.6) is 5.88 Å². The Morgan fingerprint density at radius 1 is 1.35 bits per heavy atom. The minimum Gasteiger partial charge on any atom is -0.471 e. The summed E-state index contributed by atoms with van der Waals surface area (Å²) in [6.45, 7) is 4.26. The third kappa shape index (κ3) is 3.14. The van der Waals surface area contributed by atoms with E-state index >= 15 is 0 Å². The number of esters is 1. The fourth-order valence-corrected chi connectivity index (χ4v) is 1.70. The Morgan fingerprint density at radius 3 is 2.80 bits per heavy atom. The highest BCUT2D eigenvalue weighted by atomic mass is 16.5. The molecule has 0 bridgehead atoms. The molecule has 2 aromatic heterocycles. The number of ether oxygens (including phenoxy) is 2. The van der Waals surface area contributed by atoms with Crippen LogP contribution in [0.2, 0.25) is 0 Å². The molecule has 0 spiro atoms. The zero-order valence-corrected chi connectivity index (χ0v) is 11.8. The Morgan fingerprint density at radius 2 is 2.15 bits per heavy atom. The maximum absolute atomic E-state index is 11.8. The maximum atomic E-state index is 11.8. The number of carbonyl (C=O) groups excluding carboxylic acids is 1. The van der Waals surface area contributed by atoms with E-state index in [2.05, 4.69) is 10.1 Å². The average Bonchev–Trinajstić information content (AvgIpc) is 2.80. The third-order valence-electron chi connectivity index (χ3n) is 2.80. The zero-order chi connectivity index (χ0) is 14.5. The van der Waals surface area contributed by atoms with Crippen molar-refractivity contribution in [1.82, 2.24) is 14.8 Å². The molecule has 0 unspecified atom stereocenters. The summed E-state index contributed by atoms with van der Waals surface area (Å²) in [6, 6.07) is 3.70. The van der Waals surface area contributed by atoms with E-state index in [0.29, 0.717) is 23.7 Å². The van der Waals surface area contributed by atoms with Gasteiger partial charge in [0.2, 0.25) is 5.88 Å². The molecule has 0 fully saturated rings. The fraction of sp³-hybridized carbons (Fsp3) is 0.357. The van der Waals surface area contributed by atoms with E-state index in [0.717, 1.165) is 5.56 Å². The minimum absolute atomic E-state index is 0.209. The molecular weight excluding hydrogens is 258 g/mol. The predicted molar refractivity (Wildman–Crippen MR) is 72.5 cm³/mol. The van der Waals surface area contributed by atoms with Crippen LogP contribution < -0.4 is 4.74 Å². The predicted octanol–water partition coefficient (Wildman–Crippen LogP) is 1.88. The molecule has 106 valence electrons. The van der Waals surface area contributed by atoms with E-state index in [-0.39, 0.29) is 6.61 Å². The van der Waals surface area contributed by atoms with Gasteiger partial charge in [0, 0.05) is 19.3 Å². The van der Waals surface area contributed by atoms with Crippen LogP contribution in [-0.2, 0) is 18.4 Å². The second kappa shape index (κ2) is 6.18. The van der Waals surface area contributed by atoms with Crippen molar-refractivity contribution >= 4 is 5.97 Å². The van der Waals surface area contributed by atoms with Crippen LogP contribution in [0.25, 0.3) is 0 Å². The lowest BCUT2D eigenvalue weighted by molar-refractivity contribution is 0.0523. The molecule has 0 amide bonds. The summed E-state index contributed by atoms with van der Waals surface area (Å²) >= 11 is 0. The molecule has 6 nitrogen and oxygen atoms in total. The lowest BCUT2D eigenvalue weighted by Crippen LogP contribution is -2.11. The molecule has 2 rings (SSSR count). The molecule has 2 aromatic rings. The van der Waals surface area contributed by atoms with E-state index < -0.39 is 5.97 Å². The molecule has 0 saturated heterocycles. The van der Waals surface area contributed by atoms with Crippen molar-refractivity contribution in [2.75, 3.05) is 6.61 Å². The van der Waals surface area contributed by atoms with Crippen LogP contribution in [0.15, 0.2) is 24.5 Å². The number of hydrogen-bond donors (Lipinski definition) is 0. The molecule has 0 atom stereocenters. The summed E-state index contributed by atoms with van der Waals surface area (Å²) < 4.78 is 12.2. The summed E-state index contributed by atoms with van der Waals surface area (Å²) in [5.41, 5.74) is 2.14. The van der Waals surface area contributed by atoms with Crippen molar-refractivity contribution in [3.63, 3.8) is 0 Å². The van der Waals surface area contributed by atoms with Crippen LogP contribution in [0.3, 0.4) is 0 Å². The number of aromatic nitrogens is 3. The number of hydrogen-bond acceptors (Lipinski definition) is 5. The molecule has 0 saturated carbocycles. The molecule has 0 aromatic carbocycles. The Kier molecular flexibility index (Phi) is 4.34. The SMILES string of the molecule is CCOC(=O)c1cnn(C)c1COc1ccc(C)cn1. The normalized spacial score (nSPS) is 10.3. The van der Waals surface area contributed by atoms with Crippen molar-refractivity contribution in [3.8, 4) is 5.88 Å². The first-order valence-electron chi connectivity index (χ1n) is 6.35. The van der Waals surface area contributed by atoms with Gasteiger partial charge in [0.1, 0.15) is 12.2 Å². The van der Waals surface area contributed by atoms with Crippen molar-refractivity contribution in [2.45, 2.75) is 20.5 Å². The number of pyridine rings is 1. The topological polar surface area (TPSA) is 66.2 Å². The first kappa shape index (κ1) is 14.0. The second-order valence-corrected chi connectivity index (χ2v) is 4.31. The van der Waals surface area contributed by atoms with Crippen molar-refractivity contribution < 1.29 is 14.3 Å². The first-order valence-corrected chi connectivity index (χ1v) is 6.35. The quantitative estimate of drug-likeness (QED) is 0.779. The van der Waals surface area contributed by atoms with Crippen LogP contribution >= 0.6 is 0 Å². The highest BCUT2D eigenvalue weighted by molar-refractivity contribution is 5.90. The van der Waals surface area contributed by atoms with Gasteiger partial charge in [-0.3, -0.25) is 4.68 Å². The van der Waals surface area contributed by atoms with Crippen LogP contribution in [-0.4, -0.2) is 27.3 Å². The van der Waals surface area contributed by atoms with Gasteiger partial charge < -0.3 is 9.47 Å². The molecule has 0 aliphatic carbocycles. The zero-order valence-electron chi connectivity index (χ0n) is 11.8. The molecule has 0 N–H and O–H groups in total. The van der Waals surface area contributed by atoms with E-state index in [1.54, 1.807) is 30.9 Å². The van der Waals surface area contributed by atoms with Crippen molar-refractivity contribution in [2.24, 2.45) is 7.05 Å². The molecule has 0 radical (unpaired) electrons. The molecular formula is C14H17N3O3. The monoisotopic (exact) mass is 275 g/mol. The van der Waals surface area contributed by atoms with Crippen LogP contribution in [0.4, 0.5) is 0 Å². The average molecular weight is 275 g/mol. The van der Waals surface area contributed by atoms with Gasteiger partial charge in [-0.2, -0.15) is 5.10 Å². The largest absolute Gasteiger partial charge is 0.471 e.